The number of allylic oxidation sites excluding steroid dienone is 1. The second kappa shape index (κ2) is 10.5. The SMILES string of the molecule is CCC.C[C@]12CCC(=O)C=C1C[C@@H](CCCCc1ccccc1)C1C2CC[C@@]2(C)C1CC[C@]2(C)O. The minimum atomic E-state index is -0.528. The van der Waals surface area contributed by atoms with Crippen molar-refractivity contribution in [3.63, 3.8) is 0 Å². The van der Waals surface area contributed by atoms with Gasteiger partial charge >= 0.3 is 0 Å². The molecule has 1 N–H and O–H groups in total. The van der Waals surface area contributed by atoms with Crippen LogP contribution in [0.25, 0.3) is 0 Å². The predicted octanol–water partition coefficient (Wildman–Crippen LogP) is 8.32. The summed E-state index contributed by atoms with van der Waals surface area (Å²) in [6.45, 7) is 11.2. The minimum absolute atomic E-state index is 0.0541. The number of hydrogen-bond donors (Lipinski definition) is 1. The van der Waals surface area contributed by atoms with Crippen LogP contribution in [0.5, 0.6) is 0 Å². The average molecular weight is 479 g/mol. The van der Waals surface area contributed by atoms with E-state index in [1.807, 2.05) is 0 Å². The fourth-order valence-corrected chi connectivity index (χ4v) is 8.62. The highest BCUT2D eigenvalue weighted by Gasteiger charge is 2.64. The van der Waals surface area contributed by atoms with E-state index in [1.54, 1.807) is 0 Å². The van der Waals surface area contributed by atoms with Crippen LogP contribution in [0, 0.1) is 34.5 Å². The molecule has 0 spiro atoms. The summed E-state index contributed by atoms with van der Waals surface area (Å²) in [6.07, 6.45) is 15.6. The molecule has 0 heterocycles. The van der Waals surface area contributed by atoms with E-state index >= 15 is 0 Å². The summed E-state index contributed by atoms with van der Waals surface area (Å²) in [5.74, 6) is 3.03. The molecule has 0 aromatic heterocycles. The van der Waals surface area contributed by atoms with E-state index in [2.05, 4.69) is 71.0 Å². The van der Waals surface area contributed by atoms with Crippen molar-refractivity contribution in [1.82, 2.24) is 0 Å². The Bertz CT molecular complexity index is 899. The number of rotatable bonds is 5. The Morgan fingerprint density at radius 1 is 0.943 bits per heavy atom. The largest absolute Gasteiger partial charge is 0.390 e. The summed E-state index contributed by atoms with van der Waals surface area (Å²) in [6, 6.07) is 10.9. The van der Waals surface area contributed by atoms with Gasteiger partial charge in [-0.3, -0.25) is 4.79 Å². The summed E-state index contributed by atoms with van der Waals surface area (Å²) in [5, 5.41) is 11.3. The molecule has 0 saturated heterocycles. The minimum Gasteiger partial charge on any atom is -0.390 e. The first kappa shape index (κ1) is 26.6. The van der Waals surface area contributed by atoms with Crippen LogP contribution in [0.15, 0.2) is 42.0 Å². The zero-order valence-electron chi connectivity index (χ0n) is 23.1. The molecule has 0 bridgehead atoms. The molecule has 194 valence electrons. The van der Waals surface area contributed by atoms with E-state index in [-0.39, 0.29) is 10.8 Å². The van der Waals surface area contributed by atoms with Crippen LogP contribution < -0.4 is 0 Å². The molecular formula is C33H50O2. The van der Waals surface area contributed by atoms with Crippen molar-refractivity contribution in [2.45, 2.75) is 117 Å². The molecular weight excluding hydrogens is 428 g/mol. The summed E-state index contributed by atoms with van der Waals surface area (Å²) in [4.78, 5) is 12.4. The standard InChI is InChI=1S/C30H42O2.C3H8/c1-28-16-13-24(31)20-23(28)19-22(12-8-7-11-21-9-5-4-6-10-21)27-25(28)14-17-29(2)26(27)15-18-30(29,3)32;1-3-2/h4-6,9-10,20,22,25-27,32H,7-8,11-19H2,1-3H3;3H2,1-2H3/t22-,25?,26?,27?,28+,29+,30+;/m1./s1. The molecule has 2 heteroatoms. The lowest BCUT2D eigenvalue weighted by Crippen LogP contribution is -2.56. The molecule has 4 aliphatic rings. The maximum Gasteiger partial charge on any atom is 0.155 e. The highest BCUT2D eigenvalue weighted by atomic mass is 16.3. The van der Waals surface area contributed by atoms with Gasteiger partial charge in [-0.15, -0.1) is 0 Å². The van der Waals surface area contributed by atoms with E-state index in [1.165, 1.54) is 49.7 Å². The van der Waals surface area contributed by atoms with Crippen LogP contribution in [-0.2, 0) is 11.2 Å². The lowest BCUT2D eigenvalue weighted by atomic mass is 9.44. The van der Waals surface area contributed by atoms with Crippen LogP contribution in [0.2, 0.25) is 0 Å². The highest BCUT2D eigenvalue weighted by Crippen LogP contribution is 2.69. The first-order chi connectivity index (χ1) is 16.7. The van der Waals surface area contributed by atoms with Crippen molar-refractivity contribution in [1.29, 1.82) is 0 Å². The lowest BCUT2D eigenvalue weighted by molar-refractivity contribution is -0.135. The fourth-order valence-electron chi connectivity index (χ4n) is 8.62. The maximum atomic E-state index is 12.4. The second-order valence-electron chi connectivity index (χ2n) is 13.0. The molecule has 0 radical (unpaired) electrons. The summed E-state index contributed by atoms with van der Waals surface area (Å²) in [7, 11) is 0. The van der Waals surface area contributed by atoms with Crippen molar-refractivity contribution in [3.05, 3.63) is 47.5 Å². The zero-order chi connectivity index (χ0) is 25.3. The summed E-state index contributed by atoms with van der Waals surface area (Å²) in [5.41, 5.74) is 2.64. The van der Waals surface area contributed by atoms with Gasteiger partial charge in [0.15, 0.2) is 5.78 Å². The van der Waals surface area contributed by atoms with Gasteiger partial charge in [0.1, 0.15) is 0 Å². The van der Waals surface area contributed by atoms with Crippen molar-refractivity contribution < 1.29 is 9.90 Å². The molecule has 3 saturated carbocycles. The molecule has 3 fully saturated rings. The average Bonchev–Trinajstić information content (AvgIpc) is 3.07. The van der Waals surface area contributed by atoms with Gasteiger partial charge in [-0.2, -0.15) is 0 Å². The number of ketones is 1. The molecule has 7 atom stereocenters. The molecule has 35 heavy (non-hydrogen) atoms. The number of aliphatic hydroxyl groups is 1. The van der Waals surface area contributed by atoms with Crippen LogP contribution in [0.4, 0.5) is 0 Å². The Balaban J connectivity index is 0.000000917. The van der Waals surface area contributed by atoms with E-state index in [9.17, 15) is 9.90 Å². The van der Waals surface area contributed by atoms with Crippen LogP contribution in [0.3, 0.4) is 0 Å². The Morgan fingerprint density at radius 2 is 1.63 bits per heavy atom. The summed E-state index contributed by atoms with van der Waals surface area (Å²) < 4.78 is 0. The number of hydrogen-bond acceptors (Lipinski definition) is 2. The van der Waals surface area contributed by atoms with E-state index in [0.717, 1.165) is 38.5 Å². The van der Waals surface area contributed by atoms with Gasteiger partial charge in [-0.05, 0) is 111 Å². The van der Waals surface area contributed by atoms with Crippen LogP contribution >= 0.6 is 0 Å². The Labute approximate surface area is 215 Å². The first-order valence-corrected chi connectivity index (χ1v) is 14.7. The maximum absolute atomic E-state index is 12.4. The van der Waals surface area contributed by atoms with Gasteiger partial charge in [0.05, 0.1) is 5.60 Å². The Hall–Kier alpha value is -1.41. The highest BCUT2D eigenvalue weighted by molar-refractivity contribution is 5.91. The van der Waals surface area contributed by atoms with E-state index in [0.29, 0.717) is 29.5 Å². The van der Waals surface area contributed by atoms with Gasteiger partial charge in [0, 0.05) is 6.42 Å². The zero-order valence-corrected chi connectivity index (χ0v) is 23.1. The Morgan fingerprint density at radius 3 is 2.34 bits per heavy atom. The van der Waals surface area contributed by atoms with Crippen molar-refractivity contribution in [3.8, 4) is 0 Å². The van der Waals surface area contributed by atoms with Crippen LogP contribution in [-0.4, -0.2) is 16.5 Å². The van der Waals surface area contributed by atoms with Gasteiger partial charge in [-0.1, -0.05) is 76.4 Å². The smallest absolute Gasteiger partial charge is 0.155 e. The Kier molecular flexibility index (Phi) is 8.01. The lowest BCUT2D eigenvalue weighted by Gasteiger charge is -2.61. The molecule has 3 unspecified atom stereocenters. The van der Waals surface area contributed by atoms with Gasteiger partial charge in [0.2, 0.25) is 0 Å². The number of unbranched alkanes of at least 4 members (excludes halogenated alkanes) is 1. The first-order valence-electron chi connectivity index (χ1n) is 14.7. The fraction of sp³-hybridized carbons (Fsp3) is 0.727. The molecule has 2 nitrogen and oxygen atoms in total. The third kappa shape index (κ3) is 4.94. The predicted molar refractivity (Wildman–Crippen MR) is 146 cm³/mol. The topological polar surface area (TPSA) is 37.3 Å². The third-order valence-electron chi connectivity index (χ3n) is 10.8. The van der Waals surface area contributed by atoms with Crippen molar-refractivity contribution in [2.75, 3.05) is 0 Å². The monoisotopic (exact) mass is 478 g/mol. The number of fused-ring (bicyclic) bond motifs is 5. The normalized spacial score (nSPS) is 40.1. The number of benzene rings is 1. The molecule has 0 amide bonds. The number of carbonyl (C=O) groups is 1. The van der Waals surface area contributed by atoms with Crippen LogP contribution in [0.1, 0.15) is 111 Å². The number of carbonyl (C=O) groups excluding carboxylic acids is 1. The van der Waals surface area contributed by atoms with Gasteiger partial charge < -0.3 is 5.11 Å². The quantitative estimate of drug-likeness (QED) is 0.432. The van der Waals surface area contributed by atoms with E-state index < -0.39 is 5.60 Å². The van der Waals surface area contributed by atoms with Crippen molar-refractivity contribution in [2.24, 2.45) is 34.5 Å². The van der Waals surface area contributed by atoms with Gasteiger partial charge in [-0.25, -0.2) is 0 Å². The number of aryl methyl sites for hydroxylation is 1. The molecule has 5 rings (SSSR count). The van der Waals surface area contributed by atoms with Gasteiger partial charge in [0.25, 0.3) is 0 Å². The molecule has 0 aliphatic heterocycles. The van der Waals surface area contributed by atoms with E-state index in [4.69, 9.17) is 0 Å². The molecule has 1 aromatic rings. The molecule has 4 aliphatic carbocycles. The third-order valence-corrected chi connectivity index (χ3v) is 10.8. The summed E-state index contributed by atoms with van der Waals surface area (Å²) >= 11 is 0. The second-order valence-corrected chi connectivity index (χ2v) is 13.0. The van der Waals surface area contributed by atoms with Crippen molar-refractivity contribution >= 4 is 5.78 Å². The molecule has 1 aromatic carbocycles.